The van der Waals surface area contributed by atoms with Gasteiger partial charge in [-0.1, -0.05) is 55.0 Å². The summed E-state index contributed by atoms with van der Waals surface area (Å²) in [5, 5.41) is 2.94. The molecule has 0 radical (unpaired) electrons. The van der Waals surface area contributed by atoms with Crippen LogP contribution in [0.1, 0.15) is 45.2 Å². The number of rotatable bonds is 10. The Balaban J connectivity index is 2.05. The molecule has 1 unspecified atom stereocenters. The normalized spacial score (nSPS) is 12.5. The zero-order chi connectivity index (χ0) is 28.8. The second-order valence-corrected chi connectivity index (χ2v) is 12.3. The van der Waals surface area contributed by atoms with Gasteiger partial charge in [0.15, 0.2) is 0 Å². The van der Waals surface area contributed by atoms with Gasteiger partial charge in [0, 0.05) is 12.1 Å². The Kier molecular flexibility index (Phi) is 9.50. The molecule has 0 aliphatic heterocycles. The van der Waals surface area contributed by atoms with E-state index in [0.717, 1.165) is 27.6 Å². The first-order chi connectivity index (χ1) is 18.3. The molecule has 3 aromatic rings. The summed E-state index contributed by atoms with van der Waals surface area (Å²) in [6, 6.07) is 19.4. The molecule has 0 bridgehead atoms. The van der Waals surface area contributed by atoms with E-state index in [2.05, 4.69) is 5.32 Å². The third kappa shape index (κ3) is 7.89. The van der Waals surface area contributed by atoms with Crippen LogP contribution < -0.4 is 9.62 Å². The van der Waals surface area contributed by atoms with Crippen molar-refractivity contribution in [3.63, 3.8) is 0 Å². The molecule has 3 aromatic carbocycles. The maximum absolute atomic E-state index is 14.0. The van der Waals surface area contributed by atoms with E-state index < -0.39 is 39.9 Å². The first-order valence-electron chi connectivity index (χ1n) is 12.8. The second-order valence-electron chi connectivity index (χ2n) is 10.5. The highest BCUT2D eigenvalue weighted by molar-refractivity contribution is 7.92. The maximum atomic E-state index is 14.0. The second kappa shape index (κ2) is 12.4. The quantitative estimate of drug-likeness (QED) is 0.381. The minimum Gasteiger partial charge on any atom is -0.350 e. The fourth-order valence-electron chi connectivity index (χ4n) is 4.12. The molecule has 0 heterocycles. The van der Waals surface area contributed by atoms with Crippen molar-refractivity contribution in [1.29, 1.82) is 0 Å². The number of carbonyl (C=O) groups excluding carboxylic acids is 2. The van der Waals surface area contributed by atoms with Crippen LogP contribution in [0.5, 0.6) is 0 Å². The van der Waals surface area contributed by atoms with Crippen LogP contribution in [0.15, 0.2) is 83.8 Å². The zero-order valence-corrected chi connectivity index (χ0v) is 23.8. The van der Waals surface area contributed by atoms with E-state index in [1.807, 2.05) is 52.0 Å². The van der Waals surface area contributed by atoms with Crippen molar-refractivity contribution in [1.82, 2.24) is 10.2 Å². The standard InChI is InChI=1S/C30H36FN3O4S/c1-6-27(29(36)32-30(3,4)5)33(20-23-14-12-22(2)13-15-23)28(35)21-34(25-18-16-24(31)17-19-25)39(37,38)26-10-8-7-9-11-26/h7-19,27H,6,20-21H2,1-5H3,(H,32,36). The molecular formula is C30H36FN3O4S. The summed E-state index contributed by atoms with van der Waals surface area (Å²) in [7, 11) is -4.19. The average molecular weight is 554 g/mol. The van der Waals surface area contributed by atoms with Gasteiger partial charge in [-0.15, -0.1) is 0 Å². The van der Waals surface area contributed by atoms with E-state index in [0.29, 0.717) is 6.42 Å². The van der Waals surface area contributed by atoms with Gasteiger partial charge < -0.3 is 10.2 Å². The first-order valence-corrected chi connectivity index (χ1v) is 14.3. The van der Waals surface area contributed by atoms with Crippen LogP contribution >= 0.6 is 0 Å². The van der Waals surface area contributed by atoms with Gasteiger partial charge >= 0.3 is 0 Å². The fraction of sp³-hybridized carbons (Fsp3) is 0.333. The molecule has 0 fully saturated rings. The number of nitrogens with zero attached hydrogens (tertiary/aromatic N) is 2. The summed E-state index contributed by atoms with van der Waals surface area (Å²) in [6.45, 7) is 8.85. The van der Waals surface area contributed by atoms with Gasteiger partial charge in [-0.3, -0.25) is 13.9 Å². The number of amides is 2. The van der Waals surface area contributed by atoms with Crippen LogP contribution in [0, 0.1) is 12.7 Å². The molecule has 0 saturated heterocycles. The Morgan fingerprint density at radius 2 is 1.51 bits per heavy atom. The topological polar surface area (TPSA) is 86.8 Å². The number of anilines is 1. The van der Waals surface area contributed by atoms with E-state index in [1.165, 1.54) is 29.2 Å². The predicted molar refractivity (Wildman–Crippen MR) is 151 cm³/mol. The number of nitrogens with one attached hydrogen (secondary N) is 1. The van der Waals surface area contributed by atoms with Crippen LogP contribution in [0.2, 0.25) is 0 Å². The maximum Gasteiger partial charge on any atom is 0.264 e. The Morgan fingerprint density at radius 3 is 2.05 bits per heavy atom. The number of carbonyl (C=O) groups is 2. The lowest BCUT2D eigenvalue weighted by Gasteiger charge is -2.34. The predicted octanol–water partition coefficient (Wildman–Crippen LogP) is 5.05. The van der Waals surface area contributed by atoms with Crippen LogP contribution in [-0.2, 0) is 26.2 Å². The van der Waals surface area contributed by atoms with Gasteiger partial charge in [0.05, 0.1) is 10.6 Å². The third-order valence-electron chi connectivity index (χ3n) is 6.08. The molecule has 3 rings (SSSR count). The van der Waals surface area contributed by atoms with Gasteiger partial charge in [-0.05, 0) is 76.1 Å². The van der Waals surface area contributed by atoms with E-state index in [9.17, 15) is 22.4 Å². The summed E-state index contributed by atoms with van der Waals surface area (Å²) in [6.07, 6.45) is 0.321. The van der Waals surface area contributed by atoms with E-state index >= 15 is 0 Å². The smallest absolute Gasteiger partial charge is 0.264 e. The highest BCUT2D eigenvalue weighted by atomic mass is 32.2. The number of hydrogen-bond acceptors (Lipinski definition) is 4. The SMILES string of the molecule is CCC(C(=O)NC(C)(C)C)N(Cc1ccc(C)cc1)C(=O)CN(c1ccc(F)cc1)S(=O)(=O)c1ccccc1. The average Bonchev–Trinajstić information content (AvgIpc) is 2.88. The first kappa shape index (κ1) is 29.8. The van der Waals surface area contributed by atoms with Crippen molar-refractivity contribution in [2.75, 3.05) is 10.8 Å². The minimum absolute atomic E-state index is 0.00951. The number of benzene rings is 3. The molecule has 39 heavy (non-hydrogen) atoms. The highest BCUT2D eigenvalue weighted by Crippen LogP contribution is 2.25. The molecule has 208 valence electrons. The molecule has 0 aliphatic carbocycles. The van der Waals surface area contributed by atoms with Crippen LogP contribution in [-0.4, -0.2) is 43.3 Å². The van der Waals surface area contributed by atoms with Crippen molar-refractivity contribution in [3.05, 3.63) is 95.8 Å². The summed E-state index contributed by atoms with van der Waals surface area (Å²) in [5.41, 5.74) is 1.46. The lowest BCUT2D eigenvalue weighted by molar-refractivity contribution is -0.141. The molecule has 0 spiro atoms. The monoisotopic (exact) mass is 553 g/mol. The van der Waals surface area contributed by atoms with Gasteiger partial charge in [0.25, 0.3) is 10.0 Å². The molecule has 9 heteroatoms. The minimum atomic E-state index is -4.19. The Labute approximate surface area is 230 Å². The van der Waals surface area contributed by atoms with Crippen molar-refractivity contribution < 1.29 is 22.4 Å². The summed E-state index contributed by atoms with van der Waals surface area (Å²) in [4.78, 5) is 28.7. The summed E-state index contributed by atoms with van der Waals surface area (Å²) < 4.78 is 42.1. The van der Waals surface area contributed by atoms with E-state index in [-0.39, 0.29) is 23.0 Å². The Hall–Kier alpha value is -3.72. The highest BCUT2D eigenvalue weighted by Gasteiger charge is 2.34. The lowest BCUT2D eigenvalue weighted by Crippen LogP contribution is -2.55. The lowest BCUT2D eigenvalue weighted by atomic mass is 10.1. The molecule has 0 aliphatic rings. The molecule has 1 atom stereocenters. The third-order valence-corrected chi connectivity index (χ3v) is 7.87. The van der Waals surface area contributed by atoms with Crippen molar-refractivity contribution in [2.45, 2.75) is 64.1 Å². The van der Waals surface area contributed by atoms with Crippen LogP contribution in [0.25, 0.3) is 0 Å². The molecular weight excluding hydrogens is 517 g/mol. The molecule has 2 amide bonds. The van der Waals surface area contributed by atoms with Crippen LogP contribution in [0.3, 0.4) is 0 Å². The Bertz CT molecular complexity index is 1370. The largest absolute Gasteiger partial charge is 0.350 e. The molecule has 7 nitrogen and oxygen atoms in total. The molecule has 0 aromatic heterocycles. The number of aryl methyl sites for hydroxylation is 1. The van der Waals surface area contributed by atoms with Crippen LogP contribution in [0.4, 0.5) is 10.1 Å². The van der Waals surface area contributed by atoms with E-state index in [4.69, 9.17) is 0 Å². The van der Waals surface area contributed by atoms with Crippen molar-refractivity contribution in [3.8, 4) is 0 Å². The van der Waals surface area contributed by atoms with Gasteiger partial charge in [0.1, 0.15) is 18.4 Å². The van der Waals surface area contributed by atoms with Gasteiger partial charge in [-0.2, -0.15) is 0 Å². The summed E-state index contributed by atoms with van der Waals surface area (Å²) in [5.74, 6) is -1.42. The summed E-state index contributed by atoms with van der Waals surface area (Å²) >= 11 is 0. The number of halogens is 1. The Morgan fingerprint density at radius 1 is 0.923 bits per heavy atom. The molecule has 1 N–H and O–H groups in total. The fourth-order valence-corrected chi connectivity index (χ4v) is 5.55. The van der Waals surface area contributed by atoms with E-state index in [1.54, 1.807) is 25.1 Å². The van der Waals surface area contributed by atoms with Gasteiger partial charge in [-0.25, -0.2) is 12.8 Å². The zero-order valence-electron chi connectivity index (χ0n) is 23.0. The van der Waals surface area contributed by atoms with Crippen molar-refractivity contribution >= 4 is 27.5 Å². The van der Waals surface area contributed by atoms with Crippen molar-refractivity contribution in [2.24, 2.45) is 0 Å². The number of hydrogen-bond donors (Lipinski definition) is 1. The number of sulfonamides is 1. The van der Waals surface area contributed by atoms with Gasteiger partial charge in [0.2, 0.25) is 11.8 Å². The molecule has 0 saturated carbocycles.